The van der Waals surface area contributed by atoms with Gasteiger partial charge in [0.2, 0.25) is 0 Å². The second kappa shape index (κ2) is 14.0. The summed E-state index contributed by atoms with van der Waals surface area (Å²) in [6.45, 7) is 9.54. The van der Waals surface area contributed by atoms with Crippen LogP contribution in [0.15, 0.2) is 224 Å². The van der Waals surface area contributed by atoms with Crippen molar-refractivity contribution in [1.82, 2.24) is 0 Å². The molecule has 10 aromatic carbocycles. The van der Waals surface area contributed by atoms with Crippen LogP contribution in [0.25, 0.3) is 66.8 Å². The Labute approximate surface area is 399 Å². The lowest BCUT2D eigenvalue weighted by Crippen LogP contribution is -2.26. The van der Waals surface area contributed by atoms with E-state index in [-0.39, 0.29) is 10.8 Å². The van der Waals surface area contributed by atoms with Crippen LogP contribution in [0.1, 0.15) is 72.2 Å². The quantitative estimate of drug-likeness (QED) is 0.167. The summed E-state index contributed by atoms with van der Waals surface area (Å²) in [4.78, 5) is 2.59. The van der Waals surface area contributed by atoms with E-state index in [1.54, 1.807) is 0 Å². The first kappa shape index (κ1) is 39.2. The molecule has 0 aromatic heterocycles. The van der Waals surface area contributed by atoms with E-state index in [1.165, 1.54) is 123 Å². The summed E-state index contributed by atoms with van der Waals surface area (Å²) in [5.74, 6) is 0. The van der Waals surface area contributed by atoms with E-state index in [0.717, 1.165) is 5.69 Å². The zero-order valence-electron chi connectivity index (χ0n) is 38.8. The highest BCUT2D eigenvalue weighted by Crippen LogP contribution is 2.65. The average Bonchev–Trinajstić information content (AvgIpc) is 4.03. The van der Waals surface area contributed by atoms with Crippen molar-refractivity contribution < 1.29 is 0 Å². The lowest BCUT2D eigenvalue weighted by atomic mass is 9.70. The van der Waals surface area contributed by atoms with Gasteiger partial charge in [0.15, 0.2) is 0 Å². The Kier molecular flexibility index (Phi) is 8.08. The van der Waals surface area contributed by atoms with E-state index in [0.29, 0.717) is 0 Å². The van der Waals surface area contributed by atoms with Crippen LogP contribution in [0.4, 0.5) is 17.1 Å². The molecule has 0 atom stereocenters. The van der Waals surface area contributed by atoms with E-state index in [9.17, 15) is 0 Å². The van der Waals surface area contributed by atoms with Gasteiger partial charge in [-0.1, -0.05) is 222 Å². The highest BCUT2D eigenvalue weighted by atomic mass is 15.1. The van der Waals surface area contributed by atoms with Crippen LogP contribution in [0.3, 0.4) is 0 Å². The lowest BCUT2D eigenvalue weighted by molar-refractivity contribution is 0.660. The van der Waals surface area contributed by atoms with E-state index in [4.69, 9.17) is 0 Å². The molecule has 322 valence electrons. The van der Waals surface area contributed by atoms with Crippen molar-refractivity contribution in [2.45, 2.75) is 43.9 Å². The number of nitrogens with zero attached hydrogens (tertiary/aromatic N) is 1. The zero-order valence-corrected chi connectivity index (χ0v) is 38.8. The number of benzene rings is 10. The molecule has 1 heteroatoms. The van der Waals surface area contributed by atoms with Crippen LogP contribution >= 0.6 is 0 Å². The fraction of sp³-hybridized carbons (Fsp3) is 0.104. The molecule has 0 saturated heterocycles. The first-order chi connectivity index (χ1) is 33.3. The van der Waals surface area contributed by atoms with E-state index < -0.39 is 5.41 Å². The topological polar surface area (TPSA) is 3.24 Å². The maximum atomic E-state index is 2.59. The highest BCUT2D eigenvalue weighted by molar-refractivity contribution is 6.04. The number of hydrogen-bond donors (Lipinski definition) is 0. The van der Waals surface area contributed by atoms with E-state index in [2.05, 4.69) is 257 Å². The average molecular weight is 868 g/mol. The zero-order chi connectivity index (χ0) is 45.5. The van der Waals surface area contributed by atoms with E-state index in [1.807, 2.05) is 0 Å². The Bertz CT molecular complexity index is 3690. The van der Waals surface area contributed by atoms with Gasteiger partial charge in [-0.25, -0.2) is 0 Å². The molecule has 10 aromatic rings. The first-order valence-electron chi connectivity index (χ1n) is 24.2. The number of hydrogen-bond acceptors (Lipinski definition) is 1. The molecule has 1 nitrogen and oxygen atoms in total. The molecule has 0 radical (unpaired) electrons. The third-order valence-corrected chi connectivity index (χ3v) is 16.3. The van der Waals surface area contributed by atoms with Gasteiger partial charge in [-0.3, -0.25) is 0 Å². The maximum absolute atomic E-state index is 2.59. The third kappa shape index (κ3) is 5.06. The van der Waals surface area contributed by atoms with Gasteiger partial charge in [0, 0.05) is 27.6 Å². The maximum Gasteiger partial charge on any atom is 0.0726 e. The van der Waals surface area contributed by atoms with Gasteiger partial charge in [0.25, 0.3) is 0 Å². The van der Waals surface area contributed by atoms with Gasteiger partial charge in [-0.2, -0.15) is 0 Å². The first-order valence-corrected chi connectivity index (χ1v) is 24.2. The minimum Gasteiger partial charge on any atom is -0.309 e. The minimum atomic E-state index is -0.455. The van der Waals surface area contributed by atoms with Gasteiger partial charge in [0.1, 0.15) is 0 Å². The summed E-state index contributed by atoms with van der Waals surface area (Å²) in [6, 6.07) is 84.9. The molecule has 1 spiro atoms. The summed E-state index contributed by atoms with van der Waals surface area (Å²) in [5.41, 5.74) is 29.1. The molecular formula is C67H49N. The summed E-state index contributed by atoms with van der Waals surface area (Å²) in [6.07, 6.45) is 0. The van der Waals surface area contributed by atoms with Crippen molar-refractivity contribution in [2.24, 2.45) is 0 Å². The smallest absolute Gasteiger partial charge is 0.0726 e. The van der Waals surface area contributed by atoms with Crippen LogP contribution in [0.2, 0.25) is 0 Å². The Balaban J connectivity index is 1.02. The van der Waals surface area contributed by atoms with E-state index >= 15 is 0 Å². The normalized spacial score (nSPS) is 15.1. The fourth-order valence-corrected chi connectivity index (χ4v) is 13.3. The molecule has 0 N–H and O–H groups in total. The van der Waals surface area contributed by atoms with Crippen LogP contribution in [0.5, 0.6) is 0 Å². The van der Waals surface area contributed by atoms with Gasteiger partial charge in [-0.05, 0) is 130 Å². The Morgan fingerprint density at radius 3 is 1.34 bits per heavy atom. The third-order valence-electron chi connectivity index (χ3n) is 16.3. The molecule has 0 saturated carbocycles. The molecule has 4 aliphatic rings. The highest BCUT2D eigenvalue weighted by Gasteiger charge is 2.52. The lowest BCUT2D eigenvalue weighted by Gasteiger charge is -2.32. The molecular weight excluding hydrogens is 819 g/mol. The second-order valence-corrected chi connectivity index (χ2v) is 20.3. The van der Waals surface area contributed by atoms with Gasteiger partial charge < -0.3 is 4.90 Å². The fourth-order valence-electron chi connectivity index (χ4n) is 13.3. The standard InChI is InChI=1S/C67H49N/c1-65(2)52-26-12-10-23-49(52)62-46(25-16-30-56(62)65)43-35-38-45(39-36-43)68(60-33-17-31-57-63(60)51-40-37-44(41-59(51)66(57,3)4)42-19-6-5-7-20-42)61-34-18-32-58-64(61)50-24-11-15-29-55(50)67(58)53-27-13-8-21-47(53)48-22-9-14-28-54(48)67/h5-41H,1-4H3. The molecule has 0 amide bonds. The number of anilines is 3. The summed E-state index contributed by atoms with van der Waals surface area (Å²) >= 11 is 0. The largest absolute Gasteiger partial charge is 0.309 e. The van der Waals surface area contributed by atoms with Crippen LogP contribution in [-0.2, 0) is 16.2 Å². The second-order valence-electron chi connectivity index (χ2n) is 20.3. The van der Waals surface area contributed by atoms with Crippen molar-refractivity contribution in [3.05, 3.63) is 269 Å². The number of rotatable bonds is 5. The molecule has 14 rings (SSSR count). The van der Waals surface area contributed by atoms with Gasteiger partial charge in [-0.15, -0.1) is 0 Å². The monoisotopic (exact) mass is 867 g/mol. The van der Waals surface area contributed by atoms with Crippen LogP contribution in [0, 0.1) is 0 Å². The molecule has 0 bridgehead atoms. The predicted molar refractivity (Wildman–Crippen MR) is 283 cm³/mol. The molecule has 0 fully saturated rings. The van der Waals surface area contributed by atoms with Crippen molar-refractivity contribution in [2.75, 3.05) is 4.90 Å². The number of fused-ring (bicyclic) bond motifs is 16. The molecule has 0 aliphatic heterocycles. The van der Waals surface area contributed by atoms with Crippen LogP contribution < -0.4 is 4.90 Å². The van der Waals surface area contributed by atoms with Crippen molar-refractivity contribution in [3.63, 3.8) is 0 Å². The summed E-state index contributed by atoms with van der Waals surface area (Å²) < 4.78 is 0. The molecule has 0 unspecified atom stereocenters. The van der Waals surface area contributed by atoms with Crippen molar-refractivity contribution in [1.29, 1.82) is 0 Å². The Morgan fingerprint density at radius 1 is 0.265 bits per heavy atom. The molecule has 4 aliphatic carbocycles. The predicted octanol–water partition coefficient (Wildman–Crippen LogP) is 17.4. The summed E-state index contributed by atoms with van der Waals surface area (Å²) in [7, 11) is 0. The van der Waals surface area contributed by atoms with Crippen molar-refractivity contribution in [3.8, 4) is 66.8 Å². The molecule has 0 heterocycles. The van der Waals surface area contributed by atoms with Gasteiger partial charge in [0.05, 0.1) is 16.8 Å². The van der Waals surface area contributed by atoms with Crippen molar-refractivity contribution >= 4 is 17.1 Å². The van der Waals surface area contributed by atoms with Gasteiger partial charge >= 0.3 is 0 Å². The summed E-state index contributed by atoms with van der Waals surface area (Å²) in [5, 5.41) is 0. The Hall–Kier alpha value is -8.00. The minimum absolute atomic E-state index is 0.0695. The van der Waals surface area contributed by atoms with Crippen LogP contribution in [-0.4, -0.2) is 0 Å². The molecule has 68 heavy (non-hydrogen) atoms. The SMILES string of the molecule is CC1(C)c2ccccc2-c2c(-c3ccc(N(c4cccc5c4-c4ccc(-c6ccccc6)cc4C5(C)C)c4cccc5c4-c4ccccc4C54c5ccccc5-c5ccccc54)cc3)cccc21. The Morgan fingerprint density at radius 2 is 0.691 bits per heavy atom.